The Labute approximate surface area is 125 Å². The van der Waals surface area contributed by atoms with Crippen molar-refractivity contribution in [3.05, 3.63) is 0 Å². The van der Waals surface area contributed by atoms with E-state index in [1.807, 2.05) is 0 Å². The summed E-state index contributed by atoms with van der Waals surface area (Å²) in [7, 11) is 0. The van der Waals surface area contributed by atoms with Crippen LogP contribution in [0.1, 0.15) is 25.7 Å². The van der Waals surface area contributed by atoms with Crippen LogP contribution >= 0.6 is 0 Å². The second-order valence-electron chi connectivity index (χ2n) is 5.05. The fourth-order valence-corrected chi connectivity index (χ4v) is 2.07. The van der Waals surface area contributed by atoms with Crippen LogP contribution < -0.4 is 11.5 Å². The summed E-state index contributed by atoms with van der Waals surface area (Å²) in [5.41, 5.74) is 9.84. The third-order valence-electron chi connectivity index (χ3n) is 3.45. The van der Waals surface area contributed by atoms with Gasteiger partial charge in [-0.1, -0.05) is 0 Å². The van der Waals surface area contributed by atoms with E-state index in [1.165, 1.54) is 0 Å². The second kappa shape index (κ2) is 9.97. The summed E-state index contributed by atoms with van der Waals surface area (Å²) in [6.45, 7) is 3.45. The van der Waals surface area contributed by atoms with Gasteiger partial charge in [0, 0.05) is 32.5 Å². The zero-order valence-electron chi connectivity index (χ0n) is 12.5. The molecule has 0 saturated heterocycles. The van der Waals surface area contributed by atoms with Gasteiger partial charge in [-0.15, -0.1) is 0 Å². The van der Waals surface area contributed by atoms with Crippen molar-refractivity contribution in [2.24, 2.45) is 11.5 Å². The average molecular weight is 302 g/mol. The van der Waals surface area contributed by atoms with Gasteiger partial charge >= 0.3 is 0 Å². The second-order valence-corrected chi connectivity index (χ2v) is 5.05. The maximum absolute atomic E-state index is 11.6. The number of nitrogens with two attached hydrogens (primary N) is 2. The summed E-state index contributed by atoms with van der Waals surface area (Å²) in [6.07, 6.45) is 1.60. The van der Waals surface area contributed by atoms with Gasteiger partial charge in [-0.2, -0.15) is 0 Å². The molecule has 0 atom stereocenters. The molecule has 1 aliphatic carbocycles. The summed E-state index contributed by atoms with van der Waals surface area (Å²) in [4.78, 5) is 23.1. The molecule has 1 aliphatic rings. The van der Waals surface area contributed by atoms with Gasteiger partial charge in [-0.05, 0) is 13.0 Å². The van der Waals surface area contributed by atoms with Gasteiger partial charge in [0.25, 0.3) is 0 Å². The van der Waals surface area contributed by atoms with Crippen LogP contribution in [-0.2, 0) is 23.8 Å². The van der Waals surface area contributed by atoms with Crippen LogP contribution in [-0.4, -0.2) is 63.3 Å². The van der Waals surface area contributed by atoms with Crippen molar-refractivity contribution in [2.75, 3.05) is 46.2 Å². The SMILES string of the molecule is NCCCOCCOCCOCCC1(N)C(=O)CCC1=O. The largest absolute Gasteiger partial charge is 0.379 e. The quantitative estimate of drug-likeness (QED) is 0.365. The minimum Gasteiger partial charge on any atom is -0.379 e. The van der Waals surface area contributed by atoms with Crippen molar-refractivity contribution in [3.63, 3.8) is 0 Å². The summed E-state index contributed by atoms with van der Waals surface area (Å²) in [5, 5.41) is 0. The smallest absolute Gasteiger partial charge is 0.160 e. The van der Waals surface area contributed by atoms with Crippen molar-refractivity contribution in [1.29, 1.82) is 0 Å². The average Bonchev–Trinajstić information content (AvgIpc) is 2.73. The topological polar surface area (TPSA) is 114 Å². The highest BCUT2D eigenvalue weighted by Gasteiger charge is 2.45. The summed E-state index contributed by atoms with van der Waals surface area (Å²) in [6, 6.07) is 0. The standard InChI is InChI=1S/C14H26N2O5/c15-5-1-6-19-8-10-21-11-9-20-7-4-14(16)12(17)2-3-13(14)18/h1-11,15-16H2. The maximum Gasteiger partial charge on any atom is 0.160 e. The van der Waals surface area contributed by atoms with Gasteiger partial charge in [-0.3, -0.25) is 9.59 Å². The Balaban J connectivity index is 1.93. The number of hydrogen-bond acceptors (Lipinski definition) is 7. The number of hydrogen-bond donors (Lipinski definition) is 2. The van der Waals surface area contributed by atoms with Crippen LogP contribution in [0, 0.1) is 0 Å². The normalized spacial score (nSPS) is 17.6. The Kier molecular flexibility index (Phi) is 8.63. The lowest BCUT2D eigenvalue weighted by atomic mass is 9.93. The van der Waals surface area contributed by atoms with E-state index in [4.69, 9.17) is 25.7 Å². The molecule has 0 radical (unpaired) electrons. The van der Waals surface area contributed by atoms with Crippen molar-refractivity contribution >= 4 is 11.6 Å². The van der Waals surface area contributed by atoms with E-state index in [-0.39, 0.29) is 37.4 Å². The highest BCUT2D eigenvalue weighted by molar-refractivity contribution is 6.16. The van der Waals surface area contributed by atoms with Crippen LogP contribution in [0.3, 0.4) is 0 Å². The highest BCUT2D eigenvalue weighted by atomic mass is 16.5. The molecule has 0 heterocycles. The molecule has 21 heavy (non-hydrogen) atoms. The Bertz CT molecular complexity index is 319. The third kappa shape index (κ3) is 6.19. The monoisotopic (exact) mass is 302 g/mol. The number of carbonyl (C=O) groups is 2. The number of ketones is 2. The highest BCUT2D eigenvalue weighted by Crippen LogP contribution is 2.23. The first-order chi connectivity index (χ1) is 10.1. The molecular weight excluding hydrogens is 276 g/mol. The maximum atomic E-state index is 11.6. The van der Waals surface area contributed by atoms with Gasteiger partial charge in [0.2, 0.25) is 0 Å². The lowest BCUT2D eigenvalue weighted by molar-refractivity contribution is -0.130. The fourth-order valence-electron chi connectivity index (χ4n) is 2.07. The zero-order valence-corrected chi connectivity index (χ0v) is 12.5. The summed E-state index contributed by atoms with van der Waals surface area (Å²) < 4.78 is 15.9. The molecule has 0 amide bonds. The molecule has 1 saturated carbocycles. The molecule has 7 nitrogen and oxygen atoms in total. The third-order valence-corrected chi connectivity index (χ3v) is 3.45. The zero-order chi connectivity index (χ0) is 15.6. The van der Waals surface area contributed by atoms with Crippen molar-refractivity contribution in [2.45, 2.75) is 31.2 Å². The predicted octanol–water partition coefficient (Wildman–Crippen LogP) is -0.595. The summed E-state index contributed by atoms with van der Waals surface area (Å²) in [5.74, 6) is -0.357. The Morgan fingerprint density at radius 1 is 0.857 bits per heavy atom. The number of Topliss-reactive ketones (excluding diaryl/α,β-unsaturated/α-hetero) is 2. The van der Waals surface area contributed by atoms with Gasteiger partial charge in [-0.25, -0.2) is 0 Å². The molecule has 1 rings (SSSR count). The minimum absolute atomic E-state index is 0.179. The lowest BCUT2D eigenvalue weighted by Gasteiger charge is -2.19. The van der Waals surface area contributed by atoms with Crippen LogP contribution in [0.4, 0.5) is 0 Å². The van der Waals surface area contributed by atoms with E-state index in [9.17, 15) is 9.59 Å². The van der Waals surface area contributed by atoms with Crippen molar-refractivity contribution in [3.8, 4) is 0 Å². The molecule has 0 bridgehead atoms. The van der Waals surface area contributed by atoms with Crippen LogP contribution in [0.2, 0.25) is 0 Å². The Morgan fingerprint density at radius 2 is 1.33 bits per heavy atom. The molecule has 7 heteroatoms. The molecule has 4 N–H and O–H groups in total. The molecular formula is C14H26N2O5. The van der Waals surface area contributed by atoms with Gasteiger partial charge in [0.15, 0.2) is 11.6 Å². The van der Waals surface area contributed by atoms with Crippen LogP contribution in [0.5, 0.6) is 0 Å². The Morgan fingerprint density at radius 3 is 1.86 bits per heavy atom. The minimum atomic E-state index is -1.32. The number of rotatable bonds is 12. The lowest BCUT2D eigenvalue weighted by Crippen LogP contribution is -2.50. The molecule has 0 aliphatic heterocycles. The molecule has 122 valence electrons. The first-order valence-corrected chi connectivity index (χ1v) is 7.40. The van der Waals surface area contributed by atoms with Crippen LogP contribution in [0.15, 0.2) is 0 Å². The van der Waals surface area contributed by atoms with E-state index >= 15 is 0 Å². The van der Waals surface area contributed by atoms with E-state index in [0.717, 1.165) is 6.42 Å². The molecule has 0 spiro atoms. The Hall–Kier alpha value is -0.860. The molecule has 0 aromatic rings. The van der Waals surface area contributed by atoms with Gasteiger partial charge < -0.3 is 25.7 Å². The van der Waals surface area contributed by atoms with Crippen molar-refractivity contribution < 1.29 is 23.8 Å². The van der Waals surface area contributed by atoms with E-state index in [1.54, 1.807) is 0 Å². The first kappa shape index (κ1) is 18.2. The first-order valence-electron chi connectivity index (χ1n) is 7.40. The predicted molar refractivity (Wildman–Crippen MR) is 76.9 cm³/mol. The summed E-state index contributed by atoms with van der Waals surface area (Å²) >= 11 is 0. The van der Waals surface area contributed by atoms with E-state index in [2.05, 4.69) is 0 Å². The molecule has 0 aromatic carbocycles. The van der Waals surface area contributed by atoms with Gasteiger partial charge in [0.1, 0.15) is 5.54 Å². The van der Waals surface area contributed by atoms with Crippen molar-refractivity contribution in [1.82, 2.24) is 0 Å². The van der Waals surface area contributed by atoms with E-state index < -0.39 is 5.54 Å². The molecule has 0 aromatic heterocycles. The van der Waals surface area contributed by atoms with Crippen LogP contribution in [0.25, 0.3) is 0 Å². The fraction of sp³-hybridized carbons (Fsp3) is 0.857. The van der Waals surface area contributed by atoms with Gasteiger partial charge in [0.05, 0.1) is 26.4 Å². The molecule has 0 unspecified atom stereocenters. The number of carbonyl (C=O) groups excluding carboxylic acids is 2. The molecule has 1 fully saturated rings. The number of ether oxygens (including phenoxy) is 3. The van der Waals surface area contributed by atoms with E-state index in [0.29, 0.717) is 39.6 Å².